The Hall–Kier alpha value is -1.92. The van der Waals surface area contributed by atoms with Crippen molar-refractivity contribution in [3.05, 3.63) is 54.1 Å². The molecule has 0 aliphatic heterocycles. The zero-order valence-electron chi connectivity index (χ0n) is 15.2. The molecule has 0 aliphatic carbocycles. The van der Waals surface area contributed by atoms with E-state index in [0.717, 1.165) is 16.3 Å². The fourth-order valence-corrected chi connectivity index (χ4v) is 3.86. The van der Waals surface area contributed by atoms with Crippen LogP contribution in [0.2, 0.25) is 0 Å². The third-order valence-corrected chi connectivity index (χ3v) is 5.67. The predicted octanol–water partition coefficient (Wildman–Crippen LogP) is 4.34. The predicted molar refractivity (Wildman–Crippen MR) is 111 cm³/mol. The second-order valence-corrected chi connectivity index (χ2v) is 8.50. The molecule has 2 aromatic rings. The van der Waals surface area contributed by atoms with Crippen molar-refractivity contribution in [3.8, 4) is 0 Å². The molecule has 0 aliphatic rings. The summed E-state index contributed by atoms with van der Waals surface area (Å²) in [4.78, 5) is 25.5. The number of carbonyl (C=O) groups is 2. The fourth-order valence-electron chi connectivity index (χ4n) is 2.20. The lowest BCUT2D eigenvalue weighted by atomic mass is 10.2. The van der Waals surface area contributed by atoms with Crippen molar-refractivity contribution >= 4 is 41.0 Å². The lowest BCUT2D eigenvalue weighted by Gasteiger charge is -2.12. The zero-order chi connectivity index (χ0) is 18.9. The number of aryl methyl sites for hydroxylation is 1. The number of benzene rings is 2. The topological polar surface area (TPSA) is 58.2 Å². The van der Waals surface area contributed by atoms with E-state index in [1.165, 1.54) is 29.1 Å². The Bertz CT molecular complexity index is 730. The Balaban J connectivity index is 1.71. The van der Waals surface area contributed by atoms with Gasteiger partial charge in [0.2, 0.25) is 11.8 Å². The van der Waals surface area contributed by atoms with E-state index < -0.39 is 0 Å². The van der Waals surface area contributed by atoms with Crippen LogP contribution in [0.15, 0.2) is 58.3 Å². The van der Waals surface area contributed by atoms with Crippen LogP contribution in [0.4, 0.5) is 5.69 Å². The van der Waals surface area contributed by atoms with Crippen molar-refractivity contribution < 1.29 is 9.59 Å². The van der Waals surface area contributed by atoms with E-state index in [1.807, 2.05) is 31.2 Å². The van der Waals surface area contributed by atoms with Crippen LogP contribution >= 0.6 is 23.5 Å². The minimum absolute atomic E-state index is 0.0328. The van der Waals surface area contributed by atoms with Crippen LogP contribution in [0.3, 0.4) is 0 Å². The van der Waals surface area contributed by atoms with Crippen molar-refractivity contribution in [2.75, 3.05) is 17.6 Å². The van der Waals surface area contributed by atoms with E-state index in [4.69, 9.17) is 0 Å². The van der Waals surface area contributed by atoms with E-state index in [9.17, 15) is 9.59 Å². The quantitative estimate of drug-likeness (QED) is 0.522. The van der Waals surface area contributed by atoms with Crippen LogP contribution in [-0.2, 0) is 9.59 Å². The van der Waals surface area contributed by atoms with Crippen molar-refractivity contribution in [2.45, 2.75) is 35.8 Å². The average molecular weight is 389 g/mol. The maximum atomic E-state index is 12.2. The second kappa shape index (κ2) is 10.3. The molecule has 26 heavy (non-hydrogen) atoms. The highest BCUT2D eigenvalue weighted by Gasteiger charge is 2.13. The smallest absolute Gasteiger partial charge is 0.233 e. The molecule has 2 N–H and O–H groups in total. The van der Waals surface area contributed by atoms with Gasteiger partial charge >= 0.3 is 0 Å². The summed E-state index contributed by atoms with van der Waals surface area (Å²) in [5.41, 5.74) is 2.01. The first kappa shape index (κ1) is 20.4. The van der Waals surface area contributed by atoms with Gasteiger partial charge in [-0.2, -0.15) is 0 Å². The number of anilines is 1. The van der Waals surface area contributed by atoms with Crippen molar-refractivity contribution in [1.82, 2.24) is 5.32 Å². The summed E-state index contributed by atoms with van der Waals surface area (Å²) in [6.07, 6.45) is 0. The molecule has 0 spiro atoms. The molecular formula is C20H24N2O2S2. The monoisotopic (exact) mass is 388 g/mol. The van der Waals surface area contributed by atoms with Gasteiger partial charge in [0, 0.05) is 34.7 Å². The Morgan fingerprint density at radius 2 is 1.62 bits per heavy atom. The Kier molecular flexibility index (Phi) is 8.06. The minimum atomic E-state index is -0.175. The molecule has 4 nitrogen and oxygen atoms in total. The number of hydrogen-bond donors (Lipinski definition) is 2. The van der Waals surface area contributed by atoms with Gasteiger partial charge in [-0.05, 0) is 50.2 Å². The molecule has 138 valence electrons. The van der Waals surface area contributed by atoms with Gasteiger partial charge in [-0.3, -0.25) is 9.59 Å². The summed E-state index contributed by atoms with van der Waals surface area (Å²) >= 11 is 3.24. The lowest BCUT2D eigenvalue weighted by molar-refractivity contribution is -0.120. The molecule has 1 atom stereocenters. The first-order valence-electron chi connectivity index (χ1n) is 8.45. The van der Waals surface area contributed by atoms with E-state index in [0.29, 0.717) is 6.54 Å². The van der Waals surface area contributed by atoms with Gasteiger partial charge in [0.25, 0.3) is 0 Å². The maximum absolute atomic E-state index is 12.2. The van der Waals surface area contributed by atoms with Crippen LogP contribution < -0.4 is 10.6 Å². The summed E-state index contributed by atoms with van der Waals surface area (Å²) in [5, 5.41) is 5.54. The third-order valence-electron chi connectivity index (χ3n) is 3.55. The normalized spacial score (nSPS) is 11.7. The molecule has 2 aromatic carbocycles. The molecule has 0 heterocycles. The lowest BCUT2D eigenvalue weighted by Crippen LogP contribution is -2.32. The van der Waals surface area contributed by atoms with Gasteiger partial charge in [-0.15, -0.1) is 23.5 Å². The maximum Gasteiger partial charge on any atom is 0.233 e. The van der Waals surface area contributed by atoms with E-state index >= 15 is 0 Å². The molecule has 2 rings (SSSR count). The zero-order valence-corrected chi connectivity index (χ0v) is 16.9. The van der Waals surface area contributed by atoms with E-state index in [-0.39, 0.29) is 17.1 Å². The van der Waals surface area contributed by atoms with E-state index in [2.05, 4.69) is 41.8 Å². The van der Waals surface area contributed by atoms with E-state index in [1.54, 1.807) is 11.8 Å². The summed E-state index contributed by atoms with van der Waals surface area (Å²) in [6.45, 7) is 6.09. The Morgan fingerprint density at radius 1 is 1.00 bits per heavy atom. The van der Waals surface area contributed by atoms with Gasteiger partial charge in [-0.1, -0.05) is 17.7 Å². The first-order valence-corrected chi connectivity index (χ1v) is 10.3. The third kappa shape index (κ3) is 7.14. The van der Waals surface area contributed by atoms with Crippen molar-refractivity contribution in [1.29, 1.82) is 0 Å². The Morgan fingerprint density at radius 3 is 2.23 bits per heavy atom. The number of hydrogen-bond acceptors (Lipinski definition) is 4. The molecule has 0 aromatic heterocycles. The SMILES string of the molecule is CC(=O)Nc1ccc(SC(C)C(=O)NCCSc2ccc(C)cc2)cc1. The molecule has 1 unspecified atom stereocenters. The van der Waals surface area contributed by atoms with Crippen molar-refractivity contribution in [2.24, 2.45) is 0 Å². The van der Waals surface area contributed by atoms with Crippen LogP contribution in [0.5, 0.6) is 0 Å². The largest absolute Gasteiger partial charge is 0.354 e. The van der Waals surface area contributed by atoms with Gasteiger partial charge in [0.15, 0.2) is 0 Å². The molecule has 0 fully saturated rings. The van der Waals surface area contributed by atoms with Gasteiger partial charge in [0.1, 0.15) is 0 Å². The Labute approximate surface area is 163 Å². The number of nitrogens with one attached hydrogen (secondary N) is 2. The fraction of sp³-hybridized carbons (Fsp3) is 0.300. The van der Waals surface area contributed by atoms with Crippen molar-refractivity contribution in [3.63, 3.8) is 0 Å². The van der Waals surface area contributed by atoms with Gasteiger partial charge in [-0.25, -0.2) is 0 Å². The van der Waals surface area contributed by atoms with Gasteiger partial charge < -0.3 is 10.6 Å². The highest BCUT2D eigenvalue weighted by atomic mass is 32.2. The molecule has 0 saturated carbocycles. The number of thioether (sulfide) groups is 2. The van der Waals surface area contributed by atoms with Crippen LogP contribution in [0.25, 0.3) is 0 Å². The summed E-state index contributed by atoms with van der Waals surface area (Å²) in [7, 11) is 0. The summed E-state index contributed by atoms with van der Waals surface area (Å²) < 4.78 is 0. The molecule has 2 amide bonds. The number of carbonyl (C=O) groups excluding carboxylic acids is 2. The number of amides is 2. The standard InChI is InChI=1S/C20H24N2O2S2/c1-14-4-8-18(9-5-14)25-13-12-21-20(24)15(2)26-19-10-6-17(7-11-19)22-16(3)23/h4-11,15H,12-13H2,1-3H3,(H,21,24)(H,22,23). The van der Waals surface area contributed by atoms with Gasteiger partial charge in [0.05, 0.1) is 5.25 Å². The highest BCUT2D eigenvalue weighted by molar-refractivity contribution is 8.00. The summed E-state index contributed by atoms with van der Waals surface area (Å²) in [6, 6.07) is 15.9. The van der Waals surface area contributed by atoms with Crippen LogP contribution in [0, 0.1) is 6.92 Å². The minimum Gasteiger partial charge on any atom is -0.354 e. The molecule has 0 radical (unpaired) electrons. The molecule has 6 heteroatoms. The average Bonchev–Trinajstić information content (AvgIpc) is 2.61. The second-order valence-electron chi connectivity index (χ2n) is 5.92. The molecule has 0 saturated heterocycles. The highest BCUT2D eigenvalue weighted by Crippen LogP contribution is 2.25. The van der Waals surface area contributed by atoms with Crippen LogP contribution in [0.1, 0.15) is 19.4 Å². The molecular weight excluding hydrogens is 364 g/mol. The summed E-state index contributed by atoms with van der Waals surface area (Å²) in [5.74, 6) is 0.782. The molecule has 0 bridgehead atoms. The van der Waals surface area contributed by atoms with Crippen LogP contribution in [-0.4, -0.2) is 29.4 Å². The first-order chi connectivity index (χ1) is 12.4. The number of rotatable bonds is 8.